The number of aromatic hydroxyl groups is 1. The average molecular weight is 678 g/mol. The van der Waals surface area contributed by atoms with E-state index in [1.165, 1.54) is 22.7 Å². The average Bonchev–Trinajstić information content (AvgIpc) is 3.34. The van der Waals surface area contributed by atoms with Gasteiger partial charge >= 0.3 is 5.97 Å². The lowest BCUT2D eigenvalue weighted by molar-refractivity contribution is -0.139. The molecule has 0 aliphatic carbocycles. The summed E-state index contributed by atoms with van der Waals surface area (Å²) in [7, 11) is 0. The fourth-order valence-electron chi connectivity index (χ4n) is 3.33. The Bertz CT molecular complexity index is 1360. The number of allylic oxidation sites excluding steroid dienone is 1. The van der Waals surface area contributed by atoms with Gasteiger partial charge in [-0.25, -0.2) is 9.79 Å². The van der Waals surface area contributed by atoms with Crippen molar-refractivity contribution in [2.45, 2.75) is 19.9 Å². The van der Waals surface area contributed by atoms with Gasteiger partial charge in [-0.2, -0.15) is 0 Å². The molecule has 4 rings (SSSR count). The van der Waals surface area contributed by atoms with Gasteiger partial charge in [0.1, 0.15) is 11.8 Å². The molecule has 1 atom stereocenters. The molecule has 1 aliphatic heterocycles. The molecule has 2 aromatic heterocycles. The molecule has 31 heavy (non-hydrogen) atoms. The molecule has 1 aliphatic rings. The molecule has 10 heteroatoms. The van der Waals surface area contributed by atoms with Gasteiger partial charge in [-0.05, 0) is 94.2 Å². The lowest BCUT2D eigenvalue weighted by Crippen LogP contribution is -2.39. The number of thiophene rings is 1. The van der Waals surface area contributed by atoms with E-state index in [0.29, 0.717) is 27.7 Å². The minimum absolute atomic E-state index is 0.213. The molecule has 0 radical (unpaired) electrons. The van der Waals surface area contributed by atoms with Gasteiger partial charge in [0.15, 0.2) is 4.80 Å². The number of phenolic OH excluding ortho intramolecular Hbond substituents is 1. The minimum Gasteiger partial charge on any atom is -0.506 e. The molecule has 0 saturated heterocycles. The lowest BCUT2D eigenvalue weighted by atomic mass is 10.0. The summed E-state index contributed by atoms with van der Waals surface area (Å²) in [6.45, 7) is 3.77. The van der Waals surface area contributed by atoms with E-state index in [4.69, 9.17) is 4.74 Å². The van der Waals surface area contributed by atoms with E-state index in [-0.39, 0.29) is 17.9 Å². The number of hydrogen-bond acceptors (Lipinski definition) is 7. The fraction of sp³-hybridized carbons (Fsp3) is 0.190. The van der Waals surface area contributed by atoms with Crippen LogP contribution >= 0.6 is 67.9 Å². The zero-order valence-electron chi connectivity index (χ0n) is 16.4. The number of esters is 1. The predicted octanol–water partition coefficient (Wildman–Crippen LogP) is 3.77. The lowest BCUT2D eigenvalue weighted by Gasteiger charge is -2.23. The first kappa shape index (κ1) is 22.7. The van der Waals surface area contributed by atoms with Crippen LogP contribution in [-0.2, 0) is 9.53 Å². The Hall–Kier alpha value is -1.51. The molecule has 3 heterocycles. The monoisotopic (exact) mass is 678 g/mol. The Morgan fingerprint density at radius 1 is 1.35 bits per heavy atom. The number of aromatic nitrogens is 1. The van der Waals surface area contributed by atoms with Gasteiger partial charge < -0.3 is 9.84 Å². The fourth-order valence-corrected chi connectivity index (χ4v) is 7.01. The van der Waals surface area contributed by atoms with Crippen LogP contribution in [0.15, 0.2) is 50.7 Å². The minimum atomic E-state index is -0.572. The molecular formula is C21H16I2N2O4S2. The van der Waals surface area contributed by atoms with Gasteiger partial charge in [-0.3, -0.25) is 9.36 Å². The Kier molecular flexibility index (Phi) is 6.70. The maximum atomic E-state index is 13.5. The molecule has 3 aromatic rings. The number of rotatable bonds is 4. The van der Waals surface area contributed by atoms with Crippen molar-refractivity contribution < 1.29 is 14.6 Å². The third-order valence-electron chi connectivity index (χ3n) is 4.67. The van der Waals surface area contributed by atoms with E-state index in [1.807, 2.05) is 29.6 Å². The van der Waals surface area contributed by atoms with Crippen LogP contribution in [-0.4, -0.2) is 22.2 Å². The maximum absolute atomic E-state index is 13.5. The summed E-state index contributed by atoms with van der Waals surface area (Å²) in [5, 5.41) is 11.9. The number of carbonyl (C=O) groups excluding carboxylic acids is 1. The molecule has 1 N–H and O–H groups in total. The summed E-state index contributed by atoms with van der Waals surface area (Å²) in [4.78, 5) is 32.2. The van der Waals surface area contributed by atoms with Crippen LogP contribution in [0.2, 0.25) is 0 Å². The van der Waals surface area contributed by atoms with Gasteiger partial charge in [-0.15, -0.1) is 11.3 Å². The van der Waals surface area contributed by atoms with Crippen LogP contribution in [0.4, 0.5) is 0 Å². The van der Waals surface area contributed by atoms with Gasteiger partial charge in [0.25, 0.3) is 5.56 Å². The van der Waals surface area contributed by atoms with E-state index in [0.717, 1.165) is 10.4 Å². The molecule has 1 unspecified atom stereocenters. The normalized spacial score (nSPS) is 16.3. The third-order valence-corrected chi connectivity index (χ3v) is 8.22. The van der Waals surface area contributed by atoms with Crippen molar-refractivity contribution in [2.24, 2.45) is 4.99 Å². The van der Waals surface area contributed by atoms with E-state index in [1.54, 1.807) is 24.5 Å². The maximum Gasteiger partial charge on any atom is 0.338 e. The molecule has 160 valence electrons. The number of phenols is 1. The van der Waals surface area contributed by atoms with Crippen molar-refractivity contribution in [2.75, 3.05) is 6.61 Å². The smallest absolute Gasteiger partial charge is 0.338 e. The highest BCUT2D eigenvalue weighted by Crippen LogP contribution is 2.33. The number of halogens is 2. The van der Waals surface area contributed by atoms with Crippen molar-refractivity contribution in [1.29, 1.82) is 0 Å². The molecule has 0 bridgehead atoms. The van der Waals surface area contributed by atoms with E-state index >= 15 is 0 Å². The SMILES string of the molecule is CCOC(=O)C1=C(C)N=c2s/c(=C/c3cc(I)c(O)c(I)c3)c(=O)n2C1c1cccs1. The summed E-state index contributed by atoms with van der Waals surface area (Å²) in [6, 6.07) is 6.88. The standard InChI is InChI=1S/C21H16I2N2O4S2/c1-3-29-20(28)16-10(2)24-21-25(17(16)14-5-4-6-30-14)19(27)15(31-21)9-11-7-12(22)18(26)13(23)8-11/h4-9,17,26H,3H2,1-2H3/b15-9+. The number of benzene rings is 1. The number of thiazole rings is 1. The van der Waals surface area contributed by atoms with E-state index < -0.39 is 12.0 Å². The summed E-state index contributed by atoms with van der Waals surface area (Å²) in [5.41, 5.74) is 1.54. The van der Waals surface area contributed by atoms with Crippen LogP contribution in [0.1, 0.15) is 30.3 Å². The first-order valence-electron chi connectivity index (χ1n) is 9.23. The molecule has 0 amide bonds. The van der Waals surface area contributed by atoms with Crippen molar-refractivity contribution in [3.05, 3.63) is 78.2 Å². The predicted molar refractivity (Wildman–Crippen MR) is 138 cm³/mol. The molecular weight excluding hydrogens is 662 g/mol. The highest BCUT2D eigenvalue weighted by molar-refractivity contribution is 14.1. The van der Waals surface area contributed by atoms with Crippen molar-refractivity contribution in [3.8, 4) is 5.75 Å². The van der Waals surface area contributed by atoms with E-state index in [9.17, 15) is 14.7 Å². The first-order valence-corrected chi connectivity index (χ1v) is 13.1. The van der Waals surface area contributed by atoms with Crippen molar-refractivity contribution >= 4 is 79.9 Å². The van der Waals surface area contributed by atoms with Gasteiger partial charge in [0, 0.05) is 4.88 Å². The zero-order valence-corrected chi connectivity index (χ0v) is 22.3. The summed E-state index contributed by atoms with van der Waals surface area (Å²) < 4.78 is 8.79. The molecule has 0 spiro atoms. The van der Waals surface area contributed by atoms with Gasteiger partial charge in [0.05, 0.1) is 29.5 Å². The Morgan fingerprint density at radius 3 is 2.68 bits per heavy atom. The van der Waals surface area contributed by atoms with Crippen LogP contribution in [0.25, 0.3) is 6.08 Å². The van der Waals surface area contributed by atoms with Crippen LogP contribution in [0, 0.1) is 7.14 Å². The Balaban J connectivity index is 1.94. The van der Waals surface area contributed by atoms with Crippen molar-refractivity contribution in [3.63, 3.8) is 0 Å². The number of nitrogens with zero attached hydrogens (tertiary/aromatic N) is 2. The summed E-state index contributed by atoms with van der Waals surface area (Å²) >= 11 is 6.90. The highest BCUT2D eigenvalue weighted by atomic mass is 127. The topological polar surface area (TPSA) is 80.9 Å². The molecule has 0 fully saturated rings. The number of carbonyl (C=O) groups is 1. The first-order chi connectivity index (χ1) is 14.8. The zero-order chi connectivity index (χ0) is 22.3. The molecule has 0 saturated carbocycles. The number of ether oxygens (including phenoxy) is 1. The summed E-state index contributed by atoms with van der Waals surface area (Å²) in [5.74, 6) is -0.230. The van der Waals surface area contributed by atoms with Crippen LogP contribution in [0.5, 0.6) is 5.75 Å². The summed E-state index contributed by atoms with van der Waals surface area (Å²) in [6.07, 6.45) is 1.79. The number of fused-ring (bicyclic) bond motifs is 1. The Morgan fingerprint density at radius 2 is 2.06 bits per heavy atom. The third kappa shape index (κ3) is 4.26. The highest BCUT2D eigenvalue weighted by Gasteiger charge is 2.33. The van der Waals surface area contributed by atoms with Gasteiger partial charge in [0.2, 0.25) is 0 Å². The Labute approximate surface area is 212 Å². The second-order valence-electron chi connectivity index (χ2n) is 6.65. The second-order valence-corrected chi connectivity index (χ2v) is 11.0. The van der Waals surface area contributed by atoms with Crippen LogP contribution in [0.3, 0.4) is 0 Å². The van der Waals surface area contributed by atoms with E-state index in [2.05, 4.69) is 50.2 Å². The number of hydrogen-bond donors (Lipinski definition) is 1. The van der Waals surface area contributed by atoms with Crippen molar-refractivity contribution in [1.82, 2.24) is 4.57 Å². The van der Waals surface area contributed by atoms with Gasteiger partial charge in [-0.1, -0.05) is 17.4 Å². The quantitative estimate of drug-likeness (QED) is 0.337. The second kappa shape index (κ2) is 9.16. The largest absolute Gasteiger partial charge is 0.506 e. The molecule has 1 aromatic carbocycles. The molecule has 6 nitrogen and oxygen atoms in total. The van der Waals surface area contributed by atoms with Crippen LogP contribution < -0.4 is 14.9 Å².